The minimum atomic E-state index is 1.16. The van der Waals surface area contributed by atoms with E-state index in [0.717, 1.165) is 11.4 Å². The zero-order valence-corrected chi connectivity index (χ0v) is 24.4. The van der Waals surface area contributed by atoms with Crippen LogP contribution in [-0.4, -0.2) is 13.7 Å². The van der Waals surface area contributed by atoms with E-state index in [1.54, 1.807) is 0 Å². The molecule has 0 radical (unpaired) electrons. The number of hydrogen-bond donors (Lipinski definition) is 0. The maximum Gasteiger partial charge on any atom is 0.0563 e. The topological polar surface area (TPSA) is 14.8 Å². The van der Waals surface area contributed by atoms with E-state index in [1.807, 2.05) is 0 Å². The lowest BCUT2D eigenvalue weighted by atomic mass is 10.1. The standard InChI is InChI=1S/C42H27N3/c1-2-12-28(13-3-1)29-14-8-15-30(26-29)44-37-22-10-24-39-41(37)42-38(44)23-11-25-40(42)45(39)32-17-9-16-31(27-32)43-35-20-6-4-18-33(35)34-19-5-7-21-36(34)43/h1-27H. The Morgan fingerprint density at radius 3 is 1.20 bits per heavy atom. The molecule has 0 bridgehead atoms. The average Bonchev–Trinajstić information content (AvgIpc) is 3.75. The van der Waals surface area contributed by atoms with Crippen molar-refractivity contribution >= 4 is 54.6 Å². The van der Waals surface area contributed by atoms with Gasteiger partial charge in [-0.3, -0.25) is 0 Å². The van der Waals surface area contributed by atoms with Crippen molar-refractivity contribution in [2.24, 2.45) is 0 Å². The van der Waals surface area contributed by atoms with Gasteiger partial charge in [0.2, 0.25) is 0 Å². The maximum atomic E-state index is 2.44. The normalized spacial score (nSPS) is 12.0. The van der Waals surface area contributed by atoms with Crippen molar-refractivity contribution in [2.75, 3.05) is 0 Å². The SMILES string of the molecule is c1ccc(-c2cccc(-n3c4cccc5c4c4c3cccc4n5-c3cccc(-n4c5ccccc5c5ccccc54)c3)c2)cc1. The Kier molecular flexibility index (Phi) is 5.00. The van der Waals surface area contributed by atoms with Crippen LogP contribution in [0.2, 0.25) is 0 Å². The predicted molar refractivity (Wildman–Crippen MR) is 189 cm³/mol. The monoisotopic (exact) mass is 573 g/mol. The molecule has 3 heteroatoms. The molecule has 0 saturated carbocycles. The molecule has 0 saturated heterocycles. The fourth-order valence-electron chi connectivity index (χ4n) is 7.56. The first-order chi connectivity index (χ1) is 22.3. The van der Waals surface area contributed by atoms with Crippen LogP contribution in [0.3, 0.4) is 0 Å². The molecule has 210 valence electrons. The molecule has 3 heterocycles. The van der Waals surface area contributed by atoms with Crippen LogP contribution < -0.4 is 0 Å². The number of hydrogen-bond acceptors (Lipinski definition) is 0. The van der Waals surface area contributed by atoms with E-state index in [2.05, 4.69) is 177 Å². The molecule has 0 spiro atoms. The first-order valence-corrected chi connectivity index (χ1v) is 15.5. The molecule has 0 amide bonds. The number of fused-ring (bicyclic) bond motifs is 3. The van der Waals surface area contributed by atoms with E-state index in [9.17, 15) is 0 Å². The number of aromatic nitrogens is 3. The summed E-state index contributed by atoms with van der Waals surface area (Å²) in [6.45, 7) is 0. The van der Waals surface area contributed by atoms with Crippen molar-refractivity contribution in [1.82, 2.24) is 13.7 Å². The van der Waals surface area contributed by atoms with Crippen molar-refractivity contribution < 1.29 is 0 Å². The molecule has 3 nitrogen and oxygen atoms in total. The van der Waals surface area contributed by atoms with Gasteiger partial charge in [-0.15, -0.1) is 0 Å². The third kappa shape index (κ3) is 3.41. The van der Waals surface area contributed by atoms with Gasteiger partial charge >= 0.3 is 0 Å². The van der Waals surface area contributed by atoms with Crippen LogP contribution in [0.1, 0.15) is 0 Å². The van der Waals surface area contributed by atoms with Crippen molar-refractivity contribution in [1.29, 1.82) is 0 Å². The number of benzene rings is 7. The third-order valence-electron chi connectivity index (χ3n) is 9.39. The van der Waals surface area contributed by atoms with E-state index < -0.39 is 0 Å². The summed E-state index contributed by atoms with van der Waals surface area (Å²) in [7, 11) is 0. The summed E-state index contributed by atoms with van der Waals surface area (Å²) >= 11 is 0. The van der Waals surface area contributed by atoms with Gasteiger partial charge in [0, 0.05) is 38.6 Å². The molecule has 0 N–H and O–H groups in total. The Morgan fingerprint density at radius 1 is 0.267 bits per heavy atom. The highest BCUT2D eigenvalue weighted by Crippen LogP contribution is 2.43. The highest BCUT2D eigenvalue weighted by atomic mass is 15.0. The summed E-state index contributed by atoms with van der Waals surface area (Å²) in [6, 6.07) is 59.3. The van der Waals surface area contributed by atoms with Gasteiger partial charge in [0.1, 0.15) is 0 Å². The number of para-hydroxylation sites is 2. The van der Waals surface area contributed by atoms with Gasteiger partial charge in [-0.2, -0.15) is 0 Å². The highest BCUT2D eigenvalue weighted by molar-refractivity contribution is 6.25. The Morgan fingerprint density at radius 2 is 0.644 bits per heavy atom. The molecule has 3 aromatic heterocycles. The first-order valence-electron chi connectivity index (χ1n) is 15.5. The first kappa shape index (κ1) is 24.4. The van der Waals surface area contributed by atoms with E-state index in [4.69, 9.17) is 0 Å². The Hall–Kier alpha value is -6.06. The lowest BCUT2D eigenvalue weighted by Gasteiger charge is -2.15. The second kappa shape index (κ2) is 9.22. The van der Waals surface area contributed by atoms with Crippen molar-refractivity contribution in [3.8, 4) is 28.2 Å². The lowest BCUT2D eigenvalue weighted by Crippen LogP contribution is -2.00. The highest BCUT2D eigenvalue weighted by Gasteiger charge is 2.22. The Bertz CT molecular complexity index is 2580. The van der Waals surface area contributed by atoms with Gasteiger partial charge in [-0.05, 0) is 77.9 Å². The van der Waals surface area contributed by atoms with Crippen molar-refractivity contribution in [3.05, 3.63) is 164 Å². The smallest absolute Gasteiger partial charge is 0.0563 e. The van der Waals surface area contributed by atoms with E-state index in [1.165, 1.54) is 71.5 Å². The van der Waals surface area contributed by atoms with Crippen LogP contribution in [0, 0.1) is 0 Å². The molecular weight excluding hydrogens is 546 g/mol. The summed E-state index contributed by atoms with van der Waals surface area (Å²) < 4.78 is 7.26. The Balaban J connectivity index is 1.21. The van der Waals surface area contributed by atoms with E-state index in [0.29, 0.717) is 0 Å². The summed E-state index contributed by atoms with van der Waals surface area (Å²) in [5, 5.41) is 5.15. The van der Waals surface area contributed by atoms with Gasteiger partial charge < -0.3 is 13.7 Å². The number of rotatable bonds is 4. The molecule has 10 aromatic rings. The molecule has 0 aliphatic heterocycles. The lowest BCUT2D eigenvalue weighted by molar-refractivity contribution is 1.13. The van der Waals surface area contributed by atoms with Gasteiger partial charge in [-0.1, -0.05) is 97.1 Å². The molecule has 0 aliphatic carbocycles. The summed E-state index contributed by atoms with van der Waals surface area (Å²) in [5.74, 6) is 0. The van der Waals surface area contributed by atoms with Crippen LogP contribution in [0.5, 0.6) is 0 Å². The molecule has 0 atom stereocenters. The summed E-state index contributed by atoms with van der Waals surface area (Å²) in [5.41, 5.74) is 13.3. The second-order valence-electron chi connectivity index (χ2n) is 11.8. The maximum absolute atomic E-state index is 2.44. The third-order valence-corrected chi connectivity index (χ3v) is 9.39. The molecule has 7 aromatic carbocycles. The molecule has 0 unspecified atom stereocenters. The zero-order chi connectivity index (χ0) is 29.5. The largest absolute Gasteiger partial charge is 0.309 e. The minimum absolute atomic E-state index is 1.16. The molecule has 0 aliphatic rings. The predicted octanol–water partition coefficient (Wildman–Crippen LogP) is 10.9. The quantitative estimate of drug-likeness (QED) is 0.199. The van der Waals surface area contributed by atoms with Crippen LogP contribution in [0.15, 0.2) is 164 Å². The van der Waals surface area contributed by atoms with Gasteiger partial charge in [-0.25, -0.2) is 0 Å². The molecule has 45 heavy (non-hydrogen) atoms. The van der Waals surface area contributed by atoms with Crippen LogP contribution >= 0.6 is 0 Å². The average molecular weight is 574 g/mol. The minimum Gasteiger partial charge on any atom is -0.309 e. The van der Waals surface area contributed by atoms with Crippen molar-refractivity contribution in [2.45, 2.75) is 0 Å². The molecular formula is C42H27N3. The molecule has 0 fully saturated rings. The van der Waals surface area contributed by atoms with E-state index in [-0.39, 0.29) is 0 Å². The number of nitrogens with zero attached hydrogens (tertiary/aromatic N) is 3. The fraction of sp³-hybridized carbons (Fsp3) is 0. The molecule has 10 rings (SSSR count). The zero-order valence-electron chi connectivity index (χ0n) is 24.4. The Labute approximate surface area is 259 Å². The second-order valence-corrected chi connectivity index (χ2v) is 11.8. The van der Waals surface area contributed by atoms with Crippen LogP contribution in [0.4, 0.5) is 0 Å². The summed E-state index contributed by atoms with van der Waals surface area (Å²) in [4.78, 5) is 0. The van der Waals surface area contributed by atoms with Gasteiger partial charge in [0.05, 0.1) is 33.1 Å². The van der Waals surface area contributed by atoms with Crippen LogP contribution in [0.25, 0.3) is 82.8 Å². The van der Waals surface area contributed by atoms with Gasteiger partial charge in [0.15, 0.2) is 0 Å². The summed E-state index contributed by atoms with van der Waals surface area (Å²) in [6.07, 6.45) is 0. The van der Waals surface area contributed by atoms with Crippen molar-refractivity contribution in [3.63, 3.8) is 0 Å². The van der Waals surface area contributed by atoms with Crippen LogP contribution in [-0.2, 0) is 0 Å². The van der Waals surface area contributed by atoms with E-state index >= 15 is 0 Å². The fourth-order valence-corrected chi connectivity index (χ4v) is 7.56. The van der Waals surface area contributed by atoms with Gasteiger partial charge in [0.25, 0.3) is 0 Å².